The molecule has 1 N–H and O–H groups in total. The molecule has 0 radical (unpaired) electrons. The standard InChI is InChI=1S/C19H18N4O2/c1-3-23-19(25)18(21-15-9-5-4-6-10-15)16(13(2)24)17(22-23)14-8-7-11-20-12-14/h4-12,21H,3H2,1-2H3. The van der Waals surface area contributed by atoms with Crippen molar-refractivity contribution in [1.29, 1.82) is 0 Å². The highest BCUT2D eigenvalue weighted by Crippen LogP contribution is 2.27. The molecule has 0 saturated heterocycles. The van der Waals surface area contributed by atoms with Crippen molar-refractivity contribution < 1.29 is 4.79 Å². The summed E-state index contributed by atoms with van der Waals surface area (Å²) in [6.07, 6.45) is 3.28. The van der Waals surface area contributed by atoms with Crippen LogP contribution in [-0.2, 0) is 6.54 Å². The van der Waals surface area contributed by atoms with Crippen LogP contribution in [-0.4, -0.2) is 20.5 Å². The second kappa shape index (κ2) is 7.09. The van der Waals surface area contributed by atoms with Crippen LogP contribution in [0.25, 0.3) is 11.3 Å². The van der Waals surface area contributed by atoms with Crippen molar-refractivity contribution in [2.24, 2.45) is 0 Å². The van der Waals surface area contributed by atoms with Crippen LogP contribution in [0, 0.1) is 0 Å². The molecule has 1 aromatic carbocycles. The second-order valence-electron chi connectivity index (χ2n) is 5.51. The Balaban J connectivity index is 2.28. The zero-order chi connectivity index (χ0) is 17.8. The van der Waals surface area contributed by atoms with E-state index in [2.05, 4.69) is 15.4 Å². The third kappa shape index (κ3) is 3.33. The molecule has 0 amide bonds. The van der Waals surface area contributed by atoms with Crippen LogP contribution in [0.3, 0.4) is 0 Å². The number of rotatable bonds is 5. The van der Waals surface area contributed by atoms with Crippen molar-refractivity contribution in [1.82, 2.24) is 14.8 Å². The minimum atomic E-state index is -0.329. The van der Waals surface area contributed by atoms with Crippen molar-refractivity contribution in [3.05, 3.63) is 70.8 Å². The zero-order valence-corrected chi connectivity index (χ0v) is 14.1. The number of hydrogen-bond acceptors (Lipinski definition) is 5. The van der Waals surface area contributed by atoms with Gasteiger partial charge in [-0.1, -0.05) is 18.2 Å². The number of carbonyl (C=O) groups excluding carboxylic acids is 1. The van der Waals surface area contributed by atoms with Crippen LogP contribution in [0.1, 0.15) is 24.2 Å². The topological polar surface area (TPSA) is 76.9 Å². The number of Topliss-reactive ketones (excluding diaryl/α,β-unsaturated/α-hetero) is 1. The minimum Gasteiger partial charge on any atom is -0.350 e. The molecule has 0 saturated carbocycles. The molecular formula is C19H18N4O2. The van der Waals surface area contributed by atoms with E-state index < -0.39 is 0 Å². The molecule has 25 heavy (non-hydrogen) atoms. The fourth-order valence-electron chi connectivity index (χ4n) is 2.61. The van der Waals surface area contributed by atoms with Crippen molar-refractivity contribution in [2.75, 3.05) is 5.32 Å². The maximum Gasteiger partial charge on any atom is 0.291 e. The summed E-state index contributed by atoms with van der Waals surface area (Å²) in [5, 5.41) is 7.48. The predicted molar refractivity (Wildman–Crippen MR) is 97.1 cm³/mol. The van der Waals surface area contributed by atoms with Gasteiger partial charge in [-0.2, -0.15) is 5.10 Å². The first-order valence-corrected chi connectivity index (χ1v) is 8.00. The molecule has 0 unspecified atom stereocenters. The van der Waals surface area contributed by atoms with E-state index in [1.54, 1.807) is 18.5 Å². The largest absolute Gasteiger partial charge is 0.350 e. The summed E-state index contributed by atoms with van der Waals surface area (Å²) in [4.78, 5) is 29.2. The maximum atomic E-state index is 12.8. The van der Waals surface area contributed by atoms with Gasteiger partial charge in [0.2, 0.25) is 0 Å². The molecular weight excluding hydrogens is 316 g/mol. The maximum absolute atomic E-state index is 12.8. The van der Waals surface area contributed by atoms with E-state index in [0.29, 0.717) is 17.8 Å². The Morgan fingerprint density at radius 2 is 1.92 bits per heavy atom. The number of carbonyl (C=O) groups is 1. The second-order valence-corrected chi connectivity index (χ2v) is 5.51. The molecule has 0 spiro atoms. The average Bonchev–Trinajstić information content (AvgIpc) is 2.64. The molecule has 3 rings (SSSR count). The number of nitrogens with zero attached hydrogens (tertiary/aromatic N) is 3. The highest BCUT2D eigenvalue weighted by Gasteiger charge is 2.21. The summed E-state index contributed by atoms with van der Waals surface area (Å²) in [5.74, 6) is -0.231. The molecule has 3 aromatic rings. The van der Waals surface area contributed by atoms with Crippen molar-refractivity contribution in [2.45, 2.75) is 20.4 Å². The molecule has 6 nitrogen and oxygen atoms in total. The number of hydrogen-bond donors (Lipinski definition) is 1. The highest BCUT2D eigenvalue weighted by atomic mass is 16.1. The minimum absolute atomic E-state index is 0.231. The Bertz CT molecular complexity index is 950. The Morgan fingerprint density at radius 3 is 2.52 bits per heavy atom. The van der Waals surface area contributed by atoms with Crippen LogP contribution in [0.5, 0.6) is 0 Å². The monoisotopic (exact) mass is 334 g/mol. The number of aromatic nitrogens is 3. The van der Waals surface area contributed by atoms with E-state index in [4.69, 9.17) is 0 Å². The molecule has 2 aromatic heterocycles. The molecule has 0 aliphatic carbocycles. The van der Waals surface area contributed by atoms with Gasteiger partial charge in [-0.25, -0.2) is 4.68 Å². The lowest BCUT2D eigenvalue weighted by molar-refractivity contribution is 0.101. The lowest BCUT2D eigenvalue weighted by atomic mass is 10.0. The van der Waals surface area contributed by atoms with Gasteiger partial charge < -0.3 is 5.32 Å². The lowest BCUT2D eigenvalue weighted by Gasteiger charge is -2.15. The summed E-state index contributed by atoms with van der Waals surface area (Å²) in [6, 6.07) is 12.9. The van der Waals surface area contributed by atoms with E-state index in [-0.39, 0.29) is 22.6 Å². The van der Waals surface area contributed by atoms with E-state index >= 15 is 0 Å². The summed E-state index contributed by atoms with van der Waals surface area (Å²) in [6.45, 7) is 3.66. The molecule has 6 heteroatoms. The van der Waals surface area contributed by atoms with Crippen molar-refractivity contribution in [3.8, 4) is 11.3 Å². The van der Waals surface area contributed by atoms with Crippen molar-refractivity contribution in [3.63, 3.8) is 0 Å². The van der Waals surface area contributed by atoms with Gasteiger partial charge in [-0.3, -0.25) is 14.6 Å². The van der Waals surface area contributed by atoms with Gasteiger partial charge in [-0.05, 0) is 38.1 Å². The van der Waals surface area contributed by atoms with Crippen LogP contribution < -0.4 is 10.9 Å². The van der Waals surface area contributed by atoms with E-state index in [1.165, 1.54) is 11.6 Å². The number of para-hydroxylation sites is 1. The Morgan fingerprint density at radius 1 is 1.16 bits per heavy atom. The van der Waals surface area contributed by atoms with E-state index in [9.17, 15) is 9.59 Å². The quantitative estimate of drug-likeness (QED) is 0.725. The normalized spacial score (nSPS) is 10.5. The lowest BCUT2D eigenvalue weighted by Crippen LogP contribution is -2.28. The SMILES string of the molecule is CCn1nc(-c2cccnc2)c(C(C)=O)c(Nc2ccccc2)c1=O. The Hall–Kier alpha value is -3.28. The number of benzene rings is 1. The average molecular weight is 334 g/mol. The fraction of sp³-hybridized carbons (Fsp3) is 0.158. The summed E-state index contributed by atoms with van der Waals surface area (Å²) in [5.41, 5.74) is 2.03. The number of aryl methyl sites for hydroxylation is 1. The predicted octanol–water partition coefficient (Wildman–Crippen LogP) is 3.27. The third-order valence-electron chi connectivity index (χ3n) is 3.79. The van der Waals surface area contributed by atoms with Gasteiger partial charge in [0.1, 0.15) is 11.4 Å². The van der Waals surface area contributed by atoms with Gasteiger partial charge in [-0.15, -0.1) is 0 Å². The highest BCUT2D eigenvalue weighted by molar-refractivity contribution is 6.05. The first kappa shape index (κ1) is 16.6. The van der Waals surface area contributed by atoms with Gasteiger partial charge in [0.25, 0.3) is 5.56 Å². The number of anilines is 2. The molecule has 0 aliphatic heterocycles. The first-order valence-electron chi connectivity index (χ1n) is 8.00. The Labute approximate surface area is 145 Å². The molecule has 2 heterocycles. The number of nitrogens with one attached hydrogen (secondary N) is 1. The van der Waals surface area contributed by atoms with Gasteiger partial charge >= 0.3 is 0 Å². The van der Waals surface area contributed by atoms with E-state index in [1.807, 2.05) is 43.3 Å². The van der Waals surface area contributed by atoms with Gasteiger partial charge in [0.15, 0.2) is 5.78 Å². The summed E-state index contributed by atoms with van der Waals surface area (Å²) in [7, 11) is 0. The van der Waals surface area contributed by atoms with Crippen LogP contribution >= 0.6 is 0 Å². The number of ketones is 1. The van der Waals surface area contributed by atoms with Crippen molar-refractivity contribution >= 4 is 17.2 Å². The van der Waals surface area contributed by atoms with Gasteiger partial charge in [0.05, 0.1) is 5.56 Å². The van der Waals surface area contributed by atoms with Crippen LogP contribution in [0.15, 0.2) is 59.7 Å². The fourth-order valence-corrected chi connectivity index (χ4v) is 2.61. The first-order chi connectivity index (χ1) is 12.1. The third-order valence-corrected chi connectivity index (χ3v) is 3.79. The molecule has 0 fully saturated rings. The number of pyridine rings is 1. The van der Waals surface area contributed by atoms with Crippen LogP contribution in [0.2, 0.25) is 0 Å². The van der Waals surface area contributed by atoms with Crippen LogP contribution in [0.4, 0.5) is 11.4 Å². The molecule has 126 valence electrons. The summed E-state index contributed by atoms with van der Waals surface area (Å²) >= 11 is 0. The Kier molecular flexibility index (Phi) is 4.70. The molecule has 0 atom stereocenters. The molecule has 0 bridgehead atoms. The smallest absolute Gasteiger partial charge is 0.291 e. The summed E-state index contributed by atoms with van der Waals surface area (Å²) < 4.78 is 1.35. The zero-order valence-electron chi connectivity index (χ0n) is 14.1. The molecule has 0 aliphatic rings. The van der Waals surface area contributed by atoms with Gasteiger partial charge in [0, 0.05) is 30.2 Å². The van der Waals surface area contributed by atoms with E-state index in [0.717, 1.165) is 5.69 Å².